The molecule has 6 heteroatoms. The molecule has 0 saturated carbocycles. The summed E-state index contributed by atoms with van der Waals surface area (Å²) in [6.45, 7) is 5.48. The number of ether oxygens (including phenoxy) is 1. The van der Waals surface area contributed by atoms with E-state index < -0.39 is 12.7 Å². The molecule has 0 radical (unpaired) electrons. The standard InChI is InChI=1S/C13H25F3N2O/c1-3-6-18(10-13(14,15)16)11(2)8-17-9-12-5-4-7-19-12/h11-12,17H,3-10H2,1-2H3. The van der Waals surface area contributed by atoms with Crippen molar-refractivity contribution < 1.29 is 17.9 Å². The molecule has 1 N–H and O–H groups in total. The van der Waals surface area contributed by atoms with Gasteiger partial charge in [0, 0.05) is 25.7 Å². The molecule has 1 heterocycles. The molecule has 2 unspecified atom stereocenters. The van der Waals surface area contributed by atoms with Crippen molar-refractivity contribution in [3.8, 4) is 0 Å². The van der Waals surface area contributed by atoms with Gasteiger partial charge < -0.3 is 10.1 Å². The van der Waals surface area contributed by atoms with Crippen LogP contribution in [-0.4, -0.2) is 56.0 Å². The topological polar surface area (TPSA) is 24.5 Å². The second-order valence-corrected chi connectivity index (χ2v) is 5.23. The zero-order chi connectivity index (χ0) is 14.3. The number of nitrogens with zero attached hydrogens (tertiary/aromatic N) is 1. The molecule has 2 atom stereocenters. The Morgan fingerprint density at radius 3 is 2.68 bits per heavy atom. The molecule has 1 fully saturated rings. The van der Waals surface area contributed by atoms with Crippen molar-refractivity contribution in [3.63, 3.8) is 0 Å². The first-order chi connectivity index (χ1) is 8.92. The highest BCUT2D eigenvalue weighted by Crippen LogP contribution is 2.18. The SMILES string of the molecule is CCCN(CC(F)(F)F)C(C)CNCC1CCCO1. The molecule has 0 bridgehead atoms. The van der Waals surface area contributed by atoms with Gasteiger partial charge in [-0.3, -0.25) is 4.90 Å². The summed E-state index contributed by atoms with van der Waals surface area (Å²) in [5.74, 6) is 0. The average Bonchev–Trinajstić information content (AvgIpc) is 2.79. The first-order valence-electron chi connectivity index (χ1n) is 7.05. The zero-order valence-electron chi connectivity index (χ0n) is 11.8. The lowest BCUT2D eigenvalue weighted by Gasteiger charge is -2.30. The van der Waals surface area contributed by atoms with Gasteiger partial charge in [0.2, 0.25) is 0 Å². The van der Waals surface area contributed by atoms with E-state index in [1.54, 1.807) is 0 Å². The van der Waals surface area contributed by atoms with Crippen LogP contribution < -0.4 is 5.32 Å². The van der Waals surface area contributed by atoms with Gasteiger partial charge in [-0.1, -0.05) is 6.92 Å². The van der Waals surface area contributed by atoms with E-state index in [4.69, 9.17) is 4.74 Å². The second-order valence-electron chi connectivity index (χ2n) is 5.23. The van der Waals surface area contributed by atoms with Crippen LogP contribution in [0.5, 0.6) is 0 Å². The highest BCUT2D eigenvalue weighted by Gasteiger charge is 2.32. The van der Waals surface area contributed by atoms with Gasteiger partial charge in [-0.2, -0.15) is 13.2 Å². The van der Waals surface area contributed by atoms with Crippen LogP contribution in [0.15, 0.2) is 0 Å². The summed E-state index contributed by atoms with van der Waals surface area (Å²) >= 11 is 0. The van der Waals surface area contributed by atoms with Gasteiger partial charge >= 0.3 is 6.18 Å². The normalized spacial score (nSPS) is 22.1. The highest BCUT2D eigenvalue weighted by molar-refractivity contribution is 4.74. The van der Waals surface area contributed by atoms with Gasteiger partial charge in [0.1, 0.15) is 0 Å². The van der Waals surface area contributed by atoms with Gasteiger partial charge in [-0.15, -0.1) is 0 Å². The molecule has 0 aromatic rings. The van der Waals surface area contributed by atoms with Crippen LogP contribution >= 0.6 is 0 Å². The number of rotatable bonds is 8. The Kier molecular flexibility index (Phi) is 7.10. The first-order valence-corrected chi connectivity index (χ1v) is 7.05. The van der Waals surface area contributed by atoms with Gasteiger partial charge in [-0.25, -0.2) is 0 Å². The van der Waals surface area contributed by atoms with E-state index in [9.17, 15) is 13.2 Å². The molecule has 0 aromatic heterocycles. The van der Waals surface area contributed by atoms with E-state index in [-0.39, 0.29) is 12.1 Å². The Hall–Kier alpha value is -0.330. The molecule has 0 aliphatic carbocycles. The Labute approximate surface area is 113 Å². The van der Waals surface area contributed by atoms with Crippen molar-refractivity contribution in [3.05, 3.63) is 0 Å². The predicted molar refractivity (Wildman–Crippen MR) is 69.2 cm³/mol. The van der Waals surface area contributed by atoms with Gasteiger partial charge in [0.05, 0.1) is 12.6 Å². The maximum absolute atomic E-state index is 12.5. The number of hydrogen-bond donors (Lipinski definition) is 1. The number of hydrogen-bond acceptors (Lipinski definition) is 3. The van der Waals surface area contributed by atoms with Gasteiger partial charge in [0.15, 0.2) is 0 Å². The maximum Gasteiger partial charge on any atom is 0.401 e. The minimum absolute atomic E-state index is 0.122. The summed E-state index contributed by atoms with van der Waals surface area (Å²) in [5.41, 5.74) is 0. The molecule has 3 nitrogen and oxygen atoms in total. The molecule has 1 aliphatic rings. The van der Waals surface area contributed by atoms with E-state index >= 15 is 0 Å². The largest absolute Gasteiger partial charge is 0.401 e. The van der Waals surface area contributed by atoms with Crippen molar-refractivity contribution in [1.29, 1.82) is 0 Å². The minimum atomic E-state index is -4.13. The number of nitrogens with one attached hydrogen (secondary N) is 1. The summed E-state index contributed by atoms with van der Waals surface area (Å²) in [6.07, 6.45) is -1.04. The Bertz CT molecular complexity index is 243. The Balaban J connectivity index is 2.27. The molecule has 0 aromatic carbocycles. The van der Waals surface area contributed by atoms with Crippen LogP contribution in [0.1, 0.15) is 33.1 Å². The molecule has 19 heavy (non-hydrogen) atoms. The lowest BCUT2D eigenvalue weighted by molar-refractivity contribution is -0.150. The van der Waals surface area contributed by atoms with Crippen LogP contribution in [-0.2, 0) is 4.74 Å². The first kappa shape index (κ1) is 16.7. The lowest BCUT2D eigenvalue weighted by atomic mass is 10.2. The van der Waals surface area contributed by atoms with Crippen molar-refractivity contribution in [2.24, 2.45) is 0 Å². The fourth-order valence-corrected chi connectivity index (χ4v) is 2.36. The highest BCUT2D eigenvalue weighted by atomic mass is 19.4. The van der Waals surface area contributed by atoms with E-state index in [1.807, 2.05) is 13.8 Å². The van der Waals surface area contributed by atoms with Crippen molar-refractivity contribution >= 4 is 0 Å². The third-order valence-corrected chi connectivity index (χ3v) is 3.35. The lowest BCUT2D eigenvalue weighted by Crippen LogP contribution is -2.46. The Morgan fingerprint density at radius 1 is 1.42 bits per heavy atom. The fourth-order valence-electron chi connectivity index (χ4n) is 2.36. The molecule has 1 rings (SSSR count). The van der Waals surface area contributed by atoms with Crippen molar-refractivity contribution in [1.82, 2.24) is 10.2 Å². The second kappa shape index (κ2) is 8.07. The van der Waals surface area contributed by atoms with E-state index in [2.05, 4.69) is 5.32 Å². The summed E-state index contributed by atoms with van der Waals surface area (Å²) in [7, 11) is 0. The van der Waals surface area contributed by atoms with Gasteiger partial charge in [0.25, 0.3) is 0 Å². The monoisotopic (exact) mass is 282 g/mol. The van der Waals surface area contributed by atoms with E-state index in [0.717, 1.165) is 32.4 Å². The summed E-state index contributed by atoms with van der Waals surface area (Å²) in [4.78, 5) is 1.49. The third kappa shape index (κ3) is 7.13. The van der Waals surface area contributed by atoms with Crippen LogP contribution in [0.3, 0.4) is 0 Å². The molecular formula is C13H25F3N2O. The number of alkyl halides is 3. The zero-order valence-corrected chi connectivity index (χ0v) is 11.8. The molecule has 1 aliphatic heterocycles. The van der Waals surface area contributed by atoms with Crippen LogP contribution in [0, 0.1) is 0 Å². The van der Waals surface area contributed by atoms with E-state index in [0.29, 0.717) is 13.1 Å². The smallest absolute Gasteiger partial charge is 0.377 e. The quantitative estimate of drug-likeness (QED) is 0.740. The molecule has 1 saturated heterocycles. The summed E-state index contributed by atoms with van der Waals surface area (Å²) in [5, 5.41) is 3.22. The summed E-state index contributed by atoms with van der Waals surface area (Å²) < 4.78 is 42.9. The van der Waals surface area contributed by atoms with E-state index in [1.165, 1.54) is 4.90 Å². The third-order valence-electron chi connectivity index (χ3n) is 3.35. The maximum atomic E-state index is 12.5. The van der Waals surface area contributed by atoms with Gasteiger partial charge in [-0.05, 0) is 32.7 Å². The average molecular weight is 282 g/mol. The van der Waals surface area contributed by atoms with Crippen LogP contribution in [0.25, 0.3) is 0 Å². The molecule has 0 spiro atoms. The Morgan fingerprint density at radius 2 is 2.16 bits per heavy atom. The molecular weight excluding hydrogens is 257 g/mol. The van der Waals surface area contributed by atoms with Crippen LogP contribution in [0.2, 0.25) is 0 Å². The fraction of sp³-hybridized carbons (Fsp3) is 1.00. The van der Waals surface area contributed by atoms with Crippen molar-refractivity contribution in [2.75, 3.05) is 32.8 Å². The summed E-state index contributed by atoms with van der Waals surface area (Å²) in [6, 6.07) is -0.122. The molecule has 114 valence electrons. The number of halogens is 3. The van der Waals surface area contributed by atoms with Crippen molar-refractivity contribution in [2.45, 2.75) is 51.4 Å². The van der Waals surface area contributed by atoms with Crippen LogP contribution in [0.4, 0.5) is 13.2 Å². The minimum Gasteiger partial charge on any atom is -0.377 e. The predicted octanol–water partition coefficient (Wildman–Crippen LogP) is 2.42. The molecule has 0 amide bonds.